The maximum absolute atomic E-state index is 6.38. The van der Waals surface area contributed by atoms with Gasteiger partial charge in [-0.1, -0.05) is 20.3 Å². The number of ether oxygens (including phenoxy) is 1. The Kier molecular flexibility index (Phi) is 2.85. The van der Waals surface area contributed by atoms with Gasteiger partial charge in [0.25, 0.3) is 0 Å². The van der Waals surface area contributed by atoms with E-state index >= 15 is 0 Å². The Bertz CT molecular complexity index is 196. The molecule has 3 unspecified atom stereocenters. The van der Waals surface area contributed by atoms with Crippen LogP contribution in [0.4, 0.5) is 0 Å². The molecule has 0 bridgehead atoms. The zero-order valence-corrected chi connectivity index (χ0v) is 9.46. The minimum Gasteiger partial charge on any atom is -0.381 e. The fourth-order valence-electron chi connectivity index (χ4n) is 3.25. The van der Waals surface area contributed by atoms with Crippen LogP contribution in [0.15, 0.2) is 0 Å². The summed E-state index contributed by atoms with van der Waals surface area (Å²) in [6.45, 7) is 6.57. The van der Waals surface area contributed by atoms with Crippen molar-refractivity contribution in [3.63, 3.8) is 0 Å². The normalized spacial score (nSPS) is 38.8. The van der Waals surface area contributed by atoms with Crippen LogP contribution in [0.25, 0.3) is 0 Å². The summed E-state index contributed by atoms with van der Waals surface area (Å²) in [5.41, 5.74) is 6.84. The van der Waals surface area contributed by atoms with Gasteiger partial charge in [-0.15, -0.1) is 0 Å². The summed E-state index contributed by atoms with van der Waals surface area (Å²) in [5, 5.41) is 0. The van der Waals surface area contributed by atoms with E-state index in [2.05, 4.69) is 13.8 Å². The first-order valence-corrected chi connectivity index (χ1v) is 5.94. The summed E-state index contributed by atoms with van der Waals surface area (Å²) in [6, 6.07) is 0.370. The van der Waals surface area contributed by atoms with Crippen LogP contribution in [0.3, 0.4) is 0 Å². The molecule has 0 aromatic heterocycles. The lowest BCUT2D eigenvalue weighted by Crippen LogP contribution is -2.42. The molecule has 14 heavy (non-hydrogen) atoms. The Balaban J connectivity index is 1.99. The minimum atomic E-state index is 0.370. The van der Waals surface area contributed by atoms with Gasteiger partial charge >= 0.3 is 0 Å². The Hall–Kier alpha value is -0.0800. The van der Waals surface area contributed by atoms with Crippen LogP contribution in [-0.4, -0.2) is 19.3 Å². The van der Waals surface area contributed by atoms with Gasteiger partial charge in [-0.2, -0.15) is 0 Å². The Morgan fingerprint density at radius 1 is 1.36 bits per heavy atom. The molecule has 2 nitrogen and oxygen atoms in total. The zero-order chi connectivity index (χ0) is 10.2. The van der Waals surface area contributed by atoms with Gasteiger partial charge in [0.05, 0.1) is 6.61 Å². The maximum Gasteiger partial charge on any atom is 0.0510 e. The fourth-order valence-corrected chi connectivity index (χ4v) is 3.25. The average molecular weight is 197 g/mol. The maximum atomic E-state index is 6.38. The molecule has 3 atom stereocenters. The number of hydrogen-bond acceptors (Lipinski definition) is 2. The van der Waals surface area contributed by atoms with Crippen molar-refractivity contribution in [2.24, 2.45) is 23.0 Å². The molecule has 2 heteroatoms. The van der Waals surface area contributed by atoms with Gasteiger partial charge in [-0.05, 0) is 36.5 Å². The summed E-state index contributed by atoms with van der Waals surface area (Å²) in [6.07, 6.45) is 5.20. The van der Waals surface area contributed by atoms with Crippen LogP contribution in [0.1, 0.15) is 39.5 Å². The van der Waals surface area contributed by atoms with Gasteiger partial charge < -0.3 is 10.5 Å². The van der Waals surface area contributed by atoms with Gasteiger partial charge in [0.2, 0.25) is 0 Å². The Morgan fingerprint density at radius 2 is 2.14 bits per heavy atom. The smallest absolute Gasteiger partial charge is 0.0510 e. The second kappa shape index (κ2) is 3.82. The van der Waals surface area contributed by atoms with Crippen molar-refractivity contribution < 1.29 is 4.74 Å². The van der Waals surface area contributed by atoms with Crippen LogP contribution in [0.5, 0.6) is 0 Å². The van der Waals surface area contributed by atoms with E-state index in [4.69, 9.17) is 10.5 Å². The molecule has 2 fully saturated rings. The Morgan fingerprint density at radius 3 is 2.64 bits per heavy atom. The molecule has 0 radical (unpaired) electrons. The molecule has 0 spiro atoms. The molecule has 2 rings (SSSR count). The van der Waals surface area contributed by atoms with Crippen LogP contribution in [0.2, 0.25) is 0 Å². The minimum absolute atomic E-state index is 0.370. The van der Waals surface area contributed by atoms with E-state index < -0.39 is 0 Å². The first kappa shape index (κ1) is 10.4. The third-order valence-corrected chi connectivity index (χ3v) is 4.31. The van der Waals surface area contributed by atoms with Crippen molar-refractivity contribution in [3.8, 4) is 0 Å². The van der Waals surface area contributed by atoms with Crippen molar-refractivity contribution in [1.82, 2.24) is 0 Å². The molecular formula is C12H23NO. The van der Waals surface area contributed by atoms with Crippen molar-refractivity contribution in [1.29, 1.82) is 0 Å². The van der Waals surface area contributed by atoms with Crippen LogP contribution >= 0.6 is 0 Å². The summed E-state index contributed by atoms with van der Waals surface area (Å²) in [7, 11) is 0. The van der Waals surface area contributed by atoms with Crippen molar-refractivity contribution in [2.45, 2.75) is 45.6 Å². The highest BCUT2D eigenvalue weighted by molar-refractivity contribution is 4.94. The number of nitrogens with two attached hydrogens (primary N) is 1. The molecule has 1 saturated carbocycles. The van der Waals surface area contributed by atoms with Crippen LogP contribution < -0.4 is 5.73 Å². The molecule has 1 saturated heterocycles. The van der Waals surface area contributed by atoms with Gasteiger partial charge in [0, 0.05) is 12.6 Å². The van der Waals surface area contributed by atoms with Crippen LogP contribution in [0, 0.1) is 17.3 Å². The molecule has 0 aromatic carbocycles. The average Bonchev–Trinajstić information content (AvgIpc) is 2.71. The second-order valence-corrected chi connectivity index (χ2v) is 5.69. The largest absolute Gasteiger partial charge is 0.381 e. The third kappa shape index (κ3) is 1.82. The van der Waals surface area contributed by atoms with E-state index in [1.54, 1.807) is 0 Å². The summed E-state index contributed by atoms with van der Waals surface area (Å²) >= 11 is 0. The van der Waals surface area contributed by atoms with Gasteiger partial charge in [-0.3, -0.25) is 0 Å². The molecule has 1 heterocycles. The number of rotatable bonds is 2. The van der Waals surface area contributed by atoms with Crippen molar-refractivity contribution in [3.05, 3.63) is 0 Å². The first-order chi connectivity index (χ1) is 6.61. The molecule has 2 aliphatic rings. The van der Waals surface area contributed by atoms with Gasteiger partial charge in [0.1, 0.15) is 0 Å². The Labute approximate surface area is 87.2 Å². The van der Waals surface area contributed by atoms with E-state index in [9.17, 15) is 0 Å². The second-order valence-electron chi connectivity index (χ2n) is 5.69. The topological polar surface area (TPSA) is 35.2 Å². The van der Waals surface area contributed by atoms with Gasteiger partial charge in [0.15, 0.2) is 0 Å². The molecule has 2 N–H and O–H groups in total. The quantitative estimate of drug-likeness (QED) is 0.736. The van der Waals surface area contributed by atoms with Crippen molar-refractivity contribution >= 4 is 0 Å². The lowest BCUT2D eigenvalue weighted by atomic mass is 9.74. The fraction of sp³-hybridized carbons (Fsp3) is 1.00. The van der Waals surface area contributed by atoms with Crippen molar-refractivity contribution in [2.75, 3.05) is 13.2 Å². The van der Waals surface area contributed by atoms with Gasteiger partial charge in [-0.25, -0.2) is 0 Å². The molecule has 1 aliphatic heterocycles. The predicted octanol–water partition coefficient (Wildman–Crippen LogP) is 2.18. The summed E-state index contributed by atoms with van der Waals surface area (Å²) in [4.78, 5) is 0. The standard InChI is InChI=1S/C12H23NO/c1-12(2)6-3-4-10(12)11(13)9-5-7-14-8-9/h9-11H,3-8,13H2,1-2H3. The van der Waals surface area contributed by atoms with E-state index in [1.807, 2.05) is 0 Å². The molecule has 0 amide bonds. The summed E-state index contributed by atoms with van der Waals surface area (Å²) in [5.74, 6) is 1.34. The highest BCUT2D eigenvalue weighted by atomic mass is 16.5. The first-order valence-electron chi connectivity index (χ1n) is 5.94. The van der Waals surface area contributed by atoms with E-state index in [0.717, 1.165) is 13.2 Å². The molecule has 0 aromatic rings. The predicted molar refractivity (Wildman–Crippen MR) is 58.0 cm³/mol. The highest BCUT2D eigenvalue weighted by Gasteiger charge is 2.41. The lowest BCUT2D eigenvalue weighted by molar-refractivity contribution is 0.147. The highest BCUT2D eigenvalue weighted by Crippen LogP contribution is 2.45. The number of hydrogen-bond donors (Lipinski definition) is 1. The zero-order valence-electron chi connectivity index (χ0n) is 9.46. The van der Waals surface area contributed by atoms with E-state index in [1.165, 1.54) is 25.7 Å². The molecule has 1 aliphatic carbocycles. The lowest BCUT2D eigenvalue weighted by Gasteiger charge is -2.34. The molecule has 82 valence electrons. The van der Waals surface area contributed by atoms with Crippen LogP contribution in [-0.2, 0) is 4.74 Å². The van der Waals surface area contributed by atoms with E-state index in [0.29, 0.717) is 23.3 Å². The van der Waals surface area contributed by atoms with E-state index in [-0.39, 0.29) is 0 Å². The monoisotopic (exact) mass is 197 g/mol. The summed E-state index contributed by atoms with van der Waals surface area (Å²) < 4.78 is 5.43. The SMILES string of the molecule is CC1(C)CCCC1C(N)C1CCOC1. The molecular weight excluding hydrogens is 174 g/mol. The third-order valence-electron chi connectivity index (χ3n) is 4.31.